The Morgan fingerprint density at radius 2 is 1.98 bits per heavy atom. The lowest BCUT2D eigenvalue weighted by Gasteiger charge is -2.31. The van der Waals surface area contributed by atoms with E-state index in [4.69, 9.17) is 15.0 Å². The zero-order chi connectivity index (χ0) is 33.8. The van der Waals surface area contributed by atoms with E-state index >= 15 is 4.39 Å². The zero-order valence-electron chi connectivity index (χ0n) is 26.3. The van der Waals surface area contributed by atoms with Crippen molar-refractivity contribution < 1.29 is 37.5 Å². The Hall–Kier alpha value is -4.76. The normalized spacial score (nSPS) is 20.0. The van der Waals surface area contributed by atoms with Crippen LogP contribution in [0.2, 0.25) is 0 Å². The molecule has 0 spiro atoms. The second-order valence-corrected chi connectivity index (χ2v) is 11.6. The van der Waals surface area contributed by atoms with E-state index in [-0.39, 0.29) is 61.1 Å². The largest absolute Gasteiger partial charge is 0.474 e. The van der Waals surface area contributed by atoms with Crippen molar-refractivity contribution in [3.8, 4) is 5.88 Å². The Balaban J connectivity index is 1.32. The number of amides is 1. The van der Waals surface area contributed by atoms with Crippen LogP contribution in [0.5, 0.6) is 5.88 Å². The second-order valence-electron chi connectivity index (χ2n) is 9.88. The van der Waals surface area contributed by atoms with Crippen LogP contribution in [0.15, 0.2) is 65.7 Å². The van der Waals surface area contributed by atoms with Gasteiger partial charge < -0.3 is 24.7 Å². The highest BCUT2D eigenvalue weighted by molar-refractivity contribution is 7.90. The van der Waals surface area contributed by atoms with Crippen molar-refractivity contribution in [3.05, 3.63) is 76.5 Å². The Kier molecular flexibility index (Phi) is 6.16. The number of aromatic nitrogens is 2. The first kappa shape index (κ1) is 23.8. The molecule has 6 rings (SSSR count). The summed E-state index contributed by atoms with van der Waals surface area (Å²) in [6, 6.07) is 11.3. The molecule has 3 N–H and O–H groups in total. The first-order valence-electron chi connectivity index (χ1n) is 15.0. The van der Waals surface area contributed by atoms with Crippen molar-refractivity contribution in [2.75, 3.05) is 43.0 Å². The predicted octanol–water partition coefficient (Wildman–Crippen LogP) is 4.05. The van der Waals surface area contributed by atoms with E-state index in [0.717, 1.165) is 23.1 Å². The maximum absolute atomic E-state index is 15.0. The number of hydrogen-bond donors (Lipinski definition) is 3. The van der Waals surface area contributed by atoms with Gasteiger partial charge in [0.2, 0.25) is 5.88 Å². The smallest absolute Gasteiger partial charge is 0.293 e. The average Bonchev–Trinajstić information content (AvgIpc) is 3.47. The first-order valence-corrected chi connectivity index (χ1v) is 14.5. The van der Waals surface area contributed by atoms with E-state index in [1.165, 1.54) is 30.3 Å². The molecule has 2 aromatic heterocycles. The fourth-order valence-corrected chi connectivity index (χ4v) is 5.79. The van der Waals surface area contributed by atoms with Gasteiger partial charge in [0, 0.05) is 50.2 Å². The fraction of sp³-hybridized carbons (Fsp3) is 0.286. The van der Waals surface area contributed by atoms with Crippen LogP contribution in [0.4, 0.5) is 27.1 Å². The zero-order valence-corrected chi connectivity index (χ0v) is 23.1. The number of para-hydroxylation sites is 1. The summed E-state index contributed by atoms with van der Waals surface area (Å²) in [5.74, 6) is -1.51. The lowest BCUT2D eigenvalue weighted by Crippen LogP contribution is -2.38. The molecular formula is C28H27FN6O7S. The predicted molar refractivity (Wildman–Crippen MR) is 155 cm³/mol. The minimum atomic E-state index is -4.76. The molecule has 0 saturated carbocycles. The summed E-state index contributed by atoms with van der Waals surface area (Å²) in [5.41, 5.74) is -2.73. The van der Waals surface area contributed by atoms with Crippen LogP contribution < -0.4 is 19.7 Å². The van der Waals surface area contributed by atoms with Gasteiger partial charge in [-0.15, -0.1) is 0 Å². The molecule has 43 heavy (non-hydrogen) atoms. The van der Waals surface area contributed by atoms with Crippen LogP contribution >= 0.6 is 0 Å². The maximum Gasteiger partial charge on any atom is 0.293 e. The van der Waals surface area contributed by atoms with Crippen LogP contribution in [0.25, 0.3) is 11.0 Å². The van der Waals surface area contributed by atoms with Gasteiger partial charge in [-0.05, 0) is 36.4 Å². The number of fused-ring (bicyclic) bond motifs is 2. The summed E-state index contributed by atoms with van der Waals surface area (Å²) in [4.78, 5) is 31.9. The third-order valence-corrected chi connectivity index (χ3v) is 8.43. The maximum atomic E-state index is 15.0. The molecule has 1 fully saturated rings. The summed E-state index contributed by atoms with van der Waals surface area (Å²) in [6.45, 7) is -5.79. The van der Waals surface area contributed by atoms with Gasteiger partial charge in [-0.3, -0.25) is 14.9 Å². The number of carbonyl (C=O) groups is 1. The number of aromatic amines is 1. The van der Waals surface area contributed by atoms with Gasteiger partial charge in [-0.25, -0.2) is 17.5 Å². The number of nitrogens with one attached hydrogen (secondary N) is 3. The van der Waals surface area contributed by atoms with Gasteiger partial charge in [0.05, 0.1) is 33.0 Å². The standard InChI is InChI=1S/C28H27FN6O7S/c29-28(8-12-41-13-9-28)17-31-21-6-5-19(16-23(21)35(37)38)43(39,40)33-26(36)20-3-1-2-4-22(20)34-11-14-42-27-24(34)15-18-7-10-30-25(18)32-27/h1-7,10,15-16,31H,8-9,11-14,17H2,(H,30,32)(H,33,36)/i11D2,14D2. The van der Waals surface area contributed by atoms with Gasteiger partial charge in [-0.1, -0.05) is 12.1 Å². The summed E-state index contributed by atoms with van der Waals surface area (Å²) in [7, 11) is -4.76. The Morgan fingerprint density at radius 3 is 2.77 bits per heavy atom. The van der Waals surface area contributed by atoms with Crippen molar-refractivity contribution in [1.29, 1.82) is 0 Å². The van der Waals surface area contributed by atoms with E-state index in [1.54, 1.807) is 12.3 Å². The van der Waals surface area contributed by atoms with Crippen molar-refractivity contribution in [2.45, 2.75) is 23.4 Å². The van der Waals surface area contributed by atoms with Crippen LogP contribution in [-0.2, 0) is 14.8 Å². The molecule has 0 bridgehead atoms. The average molecular weight is 615 g/mol. The molecule has 1 amide bonds. The quantitative estimate of drug-likeness (QED) is 0.194. The topological polar surface area (TPSA) is 169 Å². The number of carbonyl (C=O) groups excluding carboxylic acids is 1. The lowest BCUT2D eigenvalue weighted by atomic mass is 9.96. The number of nitro benzene ring substituents is 1. The molecule has 4 heterocycles. The molecule has 2 aliphatic rings. The third kappa shape index (κ3) is 5.68. The number of H-pyrrole nitrogens is 1. The number of rotatable bonds is 8. The van der Waals surface area contributed by atoms with Crippen molar-refractivity contribution in [2.24, 2.45) is 0 Å². The molecule has 4 aromatic rings. The number of benzene rings is 2. The van der Waals surface area contributed by atoms with Crippen molar-refractivity contribution in [1.82, 2.24) is 14.7 Å². The monoisotopic (exact) mass is 614 g/mol. The van der Waals surface area contributed by atoms with Crippen LogP contribution in [0, 0.1) is 10.1 Å². The number of ether oxygens (including phenoxy) is 2. The molecule has 2 aliphatic heterocycles. The highest BCUT2D eigenvalue weighted by Gasteiger charge is 2.33. The number of anilines is 3. The SMILES string of the molecule is [2H]C1([2H])Oc2nc3[nH]ccc3cc2N(c2ccccc2C(=O)NS(=O)(=O)c2ccc(NCC3(F)CCOCC3)c([N+](=O)[O-])c2)C1([2H])[2H]. The Labute approximate surface area is 250 Å². The van der Waals surface area contributed by atoms with Gasteiger partial charge in [0.15, 0.2) is 0 Å². The van der Waals surface area contributed by atoms with Gasteiger partial charge in [0.1, 0.15) is 29.2 Å². The second kappa shape index (κ2) is 11.1. The number of halogens is 1. The Morgan fingerprint density at radius 1 is 1.19 bits per heavy atom. The number of pyridine rings is 1. The summed E-state index contributed by atoms with van der Waals surface area (Å²) in [5, 5.41) is 15.1. The highest BCUT2D eigenvalue weighted by Crippen LogP contribution is 2.39. The molecule has 13 nitrogen and oxygen atoms in total. The van der Waals surface area contributed by atoms with E-state index < -0.39 is 50.2 Å². The van der Waals surface area contributed by atoms with E-state index in [9.17, 15) is 23.3 Å². The summed E-state index contributed by atoms with van der Waals surface area (Å²) in [6.07, 6.45) is 1.74. The number of nitrogens with zero attached hydrogens (tertiary/aromatic N) is 3. The number of nitro groups is 1. The summed E-state index contributed by atoms with van der Waals surface area (Å²) < 4.78 is 88.1. The van der Waals surface area contributed by atoms with E-state index in [0.29, 0.717) is 11.0 Å². The molecule has 0 unspecified atom stereocenters. The van der Waals surface area contributed by atoms with Gasteiger partial charge in [-0.2, -0.15) is 4.98 Å². The molecule has 15 heteroatoms. The van der Waals surface area contributed by atoms with Gasteiger partial charge in [0.25, 0.3) is 21.6 Å². The highest BCUT2D eigenvalue weighted by atomic mass is 32.2. The van der Waals surface area contributed by atoms with E-state index in [2.05, 4.69) is 15.3 Å². The fourth-order valence-electron chi connectivity index (χ4n) is 4.80. The molecule has 0 aliphatic carbocycles. The lowest BCUT2D eigenvalue weighted by molar-refractivity contribution is -0.384. The summed E-state index contributed by atoms with van der Waals surface area (Å²) >= 11 is 0. The number of hydrogen-bond acceptors (Lipinski definition) is 10. The van der Waals surface area contributed by atoms with Crippen LogP contribution in [0.1, 0.15) is 28.7 Å². The molecule has 2 aromatic carbocycles. The molecule has 0 atom stereocenters. The van der Waals surface area contributed by atoms with Crippen molar-refractivity contribution >= 4 is 49.7 Å². The van der Waals surface area contributed by atoms with Crippen LogP contribution in [-0.4, -0.2) is 67.7 Å². The minimum Gasteiger partial charge on any atom is -0.474 e. The third-order valence-electron chi connectivity index (χ3n) is 7.10. The molecule has 1 saturated heterocycles. The van der Waals surface area contributed by atoms with Gasteiger partial charge >= 0.3 is 0 Å². The minimum absolute atomic E-state index is 0.0325. The molecule has 224 valence electrons. The Bertz CT molecular complexity index is 2010. The number of alkyl halides is 1. The molecule has 0 radical (unpaired) electrons. The molecular weight excluding hydrogens is 583 g/mol. The number of sulfonamides is 1. The first-order chi connectivity index (χ1) is 22.1. The van der Waals surface area contributed by atoms with Crippen LogP contribution in [0.3, 0.4) is 0 Å². The van der Waals surface area contributed by atoms with Crippen molar-refractivity contribution in [3.63, 3.8) is 0 Å². The van der Waals surface area contributed by atoms with E-state index in [1.807, 2.05) is 4.72 Å².